The second-order valence-corrected chi connectivity index (χ2v) is 4.52. The summed E-state index contributed by atoms with van der Waals surface area (Å²) < 4.78 is 18.8. The zero-order valence-electron chi connectivity index (χ0n) is 11.3. The molecular formula is C13H17Cl2FN4O. The number of nitrogens with one attached hydrogen (secondary N) is 1. The molecule has 1 aromatic heterocycles. The maximum absolute atomic E-state index is 13.6. The number of hydrogen-bond donors (Lipinski definition) is 1. The Morgan fingerprint density at radius 1 is 1.19 bits per heavy atom. The van der Waals surface area contributed by atoms with Crippen molar-refractivity contribution in [1.82, 2.24) is 20.4 Å². The molecule has 0 aliphatic carbocycles. The maximum atomic E-state index is 13.6. The average Bonchev–Trinajstić information content (AvgIpc) is 2.89. The second kappa shape index (κ2) is 8.29. The Bertz CT molecular complexity index is 561. The van der Waals surface area contributed by atoms with Crippen LogP contribution in [0, 0.1) is 5.82 Å². The van der Waals surface area contributed by atoms with E-state index in [4.69, 9.17) is 4.52 Å². The van der Waals surface area contributed by atoms with Crippen molar-refractivity contribution in [2.45, 2.75) is 6.54 Å². The molecule has 0 amide bonds. The average molecular weight is 335 g/mol. The molecule has 2 aromatic rings. The van der Waals surface area contributed by atoms with Gasteiger partial charge >= 0.3 is 0 Å². The zero-order chi connectivity index (χ0) is 13.1. The van der Waals surface area contributed by atoms with E-state index >= 15 is 0 Å². The SMILES string of the molecule is Cl.Cl.Fc1ccccc1-c1noc(CN2CCNCC2)n1. The number of aromatic nitrogens is 2. The van der Waals surface area contributed by atoms with Crippen LogP contribution in [0.5, 0.6) is 0 Å². The molecule has 1 aliphatic rings. The first-order valence-corrected chi connectivity index (χ1v) is 6.33. The van der Waals surface area contributed by atoms with E-state index in [0.29, 0.717) is 23.8 Å². The highest BCUT2D eigenvalue weighted by atomic mass is 35.5. The van der Waals surface area contributed by atoms with E-state index in [1.165, 1.54) is 6.07 Å². The van der Waals surface area contributed by atoms with Crippen molar-refractivity contribution >= 4 is 24.8 Å². The Balaban J connectivity index is 0.00000110. The van der Waals surface area contributed by atoms with E-state index < -0.39 is 0 Å². The van der Waals surface area contributed by atoms with Crippen molar-refractivity contribution in [2.24, 2.45) is 0 Å². The van der Waals surface area contributed by atoms with Crippen molar-refractivity contribution in [3.05, 3.63) is 36.0 Å². The van der Waals surface area contributed by atoms with Gasteiger partial charge in [-0.3, -0.25) is 4.90 Å². The molecule has 2 heterocycles. The molecule has 3 rings (SSSR count). The van der Waals surface area contributed by atoms with Gasteiger partial charge in [-0.2, -0.15) is 4.98 Å². The summed E-state index contributed by atoms with van der Waals surface area (Å²) in [5, 5.41) is 7.13. The van der Waals surface area contributed by atoms with Gasteiger partial charge in [0.05, 0.1) is 12.1 Å². The van der Waals surface area contributed by atoms with E-state index in [0.717, 1.165) is 26.2 Å². The first-order chi connectivity index (χ1) is 9.33. The molecule has 1 saturated heterocycles. The van der Waals surface area contributed by atoms with Gasteiger partial charge in [-0.05, 0) is 12.1 Å². The Labute approximate surface area is 134 Å². The lowest BCUT2D eigenvalue weighted by Crippen LogP contribution is -2.42. The van der Waals surface area contributed by atoms with E-state index in [2.05, 4.69) is 20.4 Å². The van der Waals surface area contributed by atoms with E-state index in [9.17, 15) is 4.39 Å². The van der Waals surface area contributed by atoms with Crippen LogP contribution in [0.3, 0.4) is 0 Å². The zero-order valence-corrected chi connectivity index (χ0v) is 12.9. The van der Waals surface area contributed by atoms with Gasteiger partial charge in [-0.25, -0.2) is 4.39 Å². The summed E-state index contributed by atoms with van der Waals surface area (Å²) in [5.74, 6) is 0.500. The predicted octanol–water partition coefficient (Wildman–Crippen LogP) is 2.12. The summed E-state index contributed by atoms with van der Waals surface area (Å²) in [5.41, 5.74) is 0.373. The Morgan fingerprint density at radius 3 is 2.62 bits per heavy atom. The third-order valence-corrected chi connectivity index (χ3v) is 3.15. The van der Waals surface area contributed by atoms with Gasteiger partial charge in [-0.15, -0.1) is 24.8 Å². The summed E-state index contributed by atoms with van der Waals surface area (Å²) in [4.78, 5) is 6.49. The fourth-order valence-electron chi connectivity index (χ4n) is 2.13. The molecule has 1 N–H and O–H groups in total. The molecule has 0 atom stereocenters. The van der Waals surface area contributed by atoms with E-state index in [-0.39, 0.29) is 30.6 Å². The highest BCUT2D eigenvalue weighted by Crippen LogP contribution is 2.19. The summed E-state index contributed by atoms with van der Waals surface area (Å²) in [6, 6.07) is 6.43. The predicted molar refractivity (Wildman–Crippen MR) is 82.3 cm³/mol. The molecule has 1 aliphatic heterocycles. The molecule has 0 saturated carbocycles. The van der Waals surface area contributed by atoms with Crippen LogP contribution in [0.15, 0.2) is 28.8 Å². The minimum atomic E-state index is -0.336. The molecular weight excluding hydrogens is 318 g/mol. The van der Waals surface area contributed by atoms with Crippen LogP contribution >= 0.6 is 24.8 Å². The molecule has 0 radical (unpaired) electrons. The van der Waals surface area contributed by atoms with Crippen molar-refractivity contribution in [2.75, 3.05) is 26.2 Å². The van der Waals surface area contributed by atoms with Gasteiger partial charge < -0.3 is 9.84 Å². The van der Waals surface area contributed by atoms with E-state index in [1.807, 2.05) is 0 Å². The van der Waals surface area contributed by atoms with Crippen LogP contribution in [-0.2, 0) is 6.54 Å². The highest BCUT2D eigenvalue weighted by molar-refractivity contribution is 5.85. The summed E-state index contributed by atoms with van der Waals surface area (Å²) in [7, 11) is 0. The van der Waals surface area contributed by atoms with Gasteiger partial charge in [-0.1, -0.05) is 17.3 Å². The van der Waals surface area contributed by atoms with Crippen LogP contribution in [0.25, 0.3) is 11.4 Å². The minimum absolute atomic E-state index is 0. The number of rotatable bonds is 3. The number of nitrogens with zero attached hydrogens (tertiary/aromatic N) is 3. The van der Waals surface area contributed by atoms with Crippen LogP contribution in [0.2, 0.25) is 0 Å². The molecule has 116 valence electrons. The van der Waals surface area contributed by atoms with Crippen molar-refractivity contribution in [1.29, 1.82) is 0 Å². The monoisotopic (exact) mass is 334 g/mol. The van der Waals surface area contributed by atoms with E-state index in [1.54, 1.807) is 18.2 Å². The Hall–Kier alpha value is -1.21. The lowest BCUT2D eigenvalue weighted by atomic mass is 10.2. The molecule has 8 heteroatoms. The number of halogens is 3. The molecule has 0 spiro atoms. The first kappa shape index (κ1) is 17.8. The minimum Gasteiger partial charge on any atom is -0.338 e. The van der Waals surface area contributed by atoms with Gasteiger partial charge in [0.2, 0.25) is 11.7 Å². The van der Waals surface area contributed by atoms with Crippen LogP contribution < -0.4 is 5.32 Å². The summed E-state index contributed by atoms with van der Waals surface area (Å²) >= 11 is 0. The van der Waals surface area contributed by atoms with Gasteiger partial charge in [0, 0.05) is 26.2 Å². The maximum Gasteiger partial charge on any atom is 0.241 e. The largest absolute Gasteiger partial charge is 0.338 e. The van der Waals surface area contributed by atoms with Crippen molar-refractivity contribution in [3.8, 4) is 11.4 Å². The number of benzene rings is 1. The highest BCUT2D eigenvalue weighted by Gasteiger charge is 2.16. The fourth-order valence-corrected chi connectivity index (χ4v) is 2.13. The Kier molecular flexibility index (Phi) is 7.04. The lowest BCUT2D eigenvalue weighted by Gasteiger charge is -2.25. The second-order valence-electron chi connectivity index (χ2n) is 4.52. The van der Waals surface area contributed by atoms with Gasteiger partial charge in [0.25, 0.3) is 0 Å². The third-order valence-electron chi connectivity index (χ3n) is 3.15. The lowest BCUT2D eigenvalue weighted by molar-refractivity contribution is 0.203. The molecule has 5 nitrogen and oxygen atoms in total. The Morgan fingerprint density at radius 2 is 1.90 bits per heavy atom. The van der Waals surface area contributed by atoms with Crippen LogP contribution in [0.1, 0.15) is 5.89 Å². The smallest absolute Gasteiger partial charge is 0.241 e. The summed E-state index contributed by atoms with van der Waals surface area (Å²) in [6.45, 7) is 4.46. The van der Waals surface area contributed by atoms with Crippen LogP contribution in [-0.4, -0.2) is 41.2 Å². The fraction of sp³-hybridized carbons (Fsp3) is 0.385. The standard InChI is InChI=1S/C13H15FN4O.2ClH/c14-11-4-2-1-3-10(11)13-16-12(19-17-13)9-18-7-5-15-6-8-18;;/h1-4,15H,5-9H2;2*1H. The molecule has 0 unspecified atom stereocenters. The molecule has 0 bridgehead atoms. The number of piperazine rings is 1. The normalized spacial score (nSPS) is 15.1. The van der Waals surface area contributed by atoms with Gasteiger partial charge in [0.1, 0.15) is 5.82 Å². The topological polar surface area (TPSA) is 54.2 Å². The number of hydrogen-bond acceptors (Lipinski definition) is 5. The first-order valence-electron chi connectivity index (χ1n) is 6.33. The van der Waals surface area contributed by atoms with Crippen LogP contribution in [0.4, 0.5) is 4.39 Å². The van der Waals surface area contributed by atoms with Crippen molar-refractivity contribution in [3.63, 3.8) is 0 Å². The molecule has 21 heavy (non-hydrogen) atoms. The summed E-state index contributed by atoms with van der Waals surface area (Å²) in [6.07, 6.45) is 0. The van der Waals surface area contributed by atoms with Crippen molar-refractivity contribution < 1.29 is 8.91 Å². The molecule has 1 fully saturated rings. The third kappa shape index (κ3) is 4.38. The van der Waals surface area contributed by atoms with Gasteiger partial charge in [0.15, 0.2) is 0 Å². The quantitative estimate of drug-likeness (QED) is 0.931. The molecule has 1 aromatic carbocycles.